The largest absolute Gasteiger partial charge is 0.416 e. The molecule has 0 saturated heterocycles. The first kappa shape index (κ1) is 20.1. The molecular formula is C18H19ClF3N3OS. The van der Waals surface area contributed by atoms with Gasteiger partial charge in [0.2, 0.25) is 5.91 Å². The highest BCUT2D eigenvalue weighted by Gasteiger charge is 2.46. The molecule has 2 aliphatic carbocycles. The second-order valence-electron chi connectivity index (χ2n) is 7.09. The van der Waals surface area contributed by atoms with Crippen LogP contribution in [-0.4, -0.2) is 16.4 Å². The van der Waals surface area contributed by atoms with Gasteiger partial charge in [0.25, 0.3) is 0 Å². The lowest BCUT2D eigenvalue weighted by molar-refractivity contribution is -0.137. The summed E-state index contributed by atoms with van der Waals surface area (Å²) in [5.74, 6) is 0.102. The summed E-state index contributed by atoms with van der Waals surface area (Å²) in [5, 5.41) is 3.25. The Bertz CT molecular complexity index is 860. The molecular weight excluding hydrogens is 399 g/mol. The molecule has 0 spiro atoms. The van der Waals surface area contributed by atoms with Crippen molar-refractivity contribution in [2.45, 2.75) is 49.7 Å². The van der Waals surface area contributed by atoms with Gasteiger partial charge in [0.05, 0.1) is 16.8 Å². The Morgan fingerprint density at radius 3 is 2.63 bits per heavy atom. The molecule has 2 aliphatic rings. The van der Waals surface area contributed by atoms with Gasteiger partial charge in [0, 0.05) is 17.2 Å². The Morgan fingerprint density at radius 2 is 2.04 bits per heavy atom. The monoisotopic (exact) mass is 417 g/mol. The van der Waals surface area contributed by atoms with Crippen LogP contribution in [0.15, 0.2) is 24.3 Å². The number of amides is 1. The van der Waals surface area contributed by atoms with Crippen LogP contribution in [0.1, 0.15) is 53.3 Å². The molecule has 2 saturated carbocycles. The minimum absolute atomic E-state index is 0. The van der Waals surface area contributed by atoms with Gasteiger partial charge in [0.1, 0.15) is 0 Å². The maximum atomic E-state index is 12.9. The maximum absolute atomic E-state index is 12.9. The Labute approximate surface area is 164 Å². The van der Waals surface area contributed by atoms with Gasteiger partial charge in [-0.3, -0.25) is 4.79 Å². The van der Waals surface area contributed by atoms with E-state index in [2.05, 4.69) is 10.3 Å². The van der Waals surface area contributed by atoms with Crippen molar-refractivity contribution in [3.63, 3.8) is 0 Å². The SMILES string of the molecule is Cl.NC1(C(=O)Nc2nc(C3CC3)c(Cc3cccc(C(F)(F)F)c3)s2)CC1. The van der Waals surface area contributed by atoms with E-state index in [-0.39, 0.29) is 18.3 Å². The number of thiazole rings is 1. The fourth-order valence-electron chi connectivity index (χ4n) is 2.85. The first-order valence-corrected chi connectivity index (χ1v) is 9.32. The summed E-state index contributed by atoms with van der Waals surface area (Å²) in [5.41, 5.74) is 5.93. The molecule has 1 aromatic heterocycles. The Morgan fingerprint density at radius 1 is 1.33 bits per heavy atom. The average Bonchev–Trinajstić information content (AvgIpc) is 3.49. The quantitative estimate of drug-likeness (QED) is 0.753. The van der Waals surface area contributed by atoms with Crippen LogP contribution in [-0.2, 0) is 17.4 Å². The third kappa shape index (κ3) is 4.44. The van der Waals surface area contributed by atoms with E-state index in [0.29, 0.717) is 35.9 Å². The van der Waals surface area contributed by atoms with E-state index in [9.17, 15) is 18.0 Å². The van der Waals surface area contributed by atoms with Crippen molar-refractivity contribution in [2.24, 2.45) is 5.73 Å². The lowest BCUT2D eigenvalue weighted by atomic mass is 10.1. The van der Waals surface area contributed by atoms with E-state index in [4.69, 9.17) is 5.73 Å². The average molecular weight is 418 g/mol. The number of aromatic nitrogens is 1. The van der Waals surface area contributed by atoms with Crippen LogP contribution < -0.4 is 11.1 Å². The van der Waals surface area contributed by atoms with Gasteiger partial charge in [-0.2, -0.15) is 13.2 Å². The highest BCUT2D eigenvalue weighted by atomic mass is 35.5. The van der Waals surface area contributed by atoms with Crippen molar-refractivity contribution in [3.05, 3.63) is 46.0 Å². The zero-order valence-electron chi connectivity index (χ0n) is 14.3. The fourth-order valence-corrected chi connectivity index (χ4v) is 3.92. The first-order chi connectivity index (χ1) is 12.2. The topological polar surface area (TPSA) is 68.0 Å². The third-order valence-corrected chi connectivity index (χ3v) is 5.76. The predicted molar refractivity (Wildman–Crippen MR) is 100 cm³/mol. The van der Waals surface area contributed by atoms with E-state index >= 15 is 0 Å². The summed E-state index contributed by atoms with van der Waals surface area (Å²) in [6, 6.07) is 5.35. The zero-order chi connectivity index (χ0) is 18.5. The molecule has 27 heavy (non-hydrogen) atoms. The van der Waals surface area contributed by atoms with Crippen molar-refractivity contribution in [1.29, 1.82) is 0 Å². The number of hydrogen-bond donors (Lipinski definition) is 2. The zero-order valence-corrected chi connectivity index (χ0v) is 15.9. The fraction of sp³-hybridized carbons (Fsp3) is 0.444. The highest BCUT2D eigenvalue weighted by Crippen LogP contribution is 2.44. The van der Waals surface area contributed by atoms with Crippen molar-refractivity contribution in [3.8, 4) is 0 Å². The van der Waals surface area contributed by atoms with Crippen molar-refractivity contribution in [2.75, 3.05) is 5.32 Å². The number of nitrogens with two attached hydrogens (primary N) is 1. The van der Waals surface area contributed by atoms with Gasteiger partial charge in [-0.25, -0.2) is 4.98 Å². The molecule has 1 heterocycles. The Hall–Kier alpha value is -1.64. The van der Waals surface area contributed by atoms with E-state index in [1.165, 1.54) is 23.5 Å². The van der Waals surface area contributed by atoms with Crippen molar-refractivity contribution < 1.29 is 18.0 Å². The molecule has 1 amide bonds. The molecule has 0 bridgehead atoms. The summed E-state index contributed by atoms with van der Waals surface area (Å²) in [7, 11) is 0. The highest BCUT2D eigenvalue weighted by molar-refractivity contribution is 7.15. The third-order valence-electron chi connectivity index (χ3n) is 4.77. The number of halogens is 4. The number of carbonyl (C=O) groups excluding carboxylic acids is 1. The van der Waals surface area contributed by atoms with Gasteiger partial charge in [-0.05, 0) is 37.3 Å². The van der Waals surface area contributed by atoms with Gasteiger partial charge in [0.15, 0.2) is 5.13 Å². The summed E-state index contributed by atoms with van der Waals surface area (Å²) in [6.45, 7) is 0. The number of anilines is 1. The Kier molecular flexibility index (Phi) is 5.26. The maximum Gasteiger partial charge on any atom is 0.416 e. The van der Waals surface area contributed by atoms with Crippen LogP contribution in [0.25, 0.3) is 0 Å². The minimum Gasteiger partial charge on any atom is -0.317 e. The minimum atomic E-state index is -4.36. The van der Waals surface area contributed by atoms with Crippen LogP contribution in [0, 0.1) is 0 Å². The smallest absolute Gasteiger partial charge is 0.317 e. The molecule has 4 nitrogen and oxygen atoms in total. The molecule has 0 radical (unpaired) electrons. The van der Waals surface area contributed by atoms with Crippen LogP contribution in [0.3, 0.4) is 0 Å². The molecule has 2 aromatic rings. The van der Waals surface area contributed by atoms with Crippen LogP contribution >= 0.6 is 23.7 Å². The molecule has 0 aliphatic heterocycles. The summed E-state index contributed by atoms with van der Waals surface area (Å²) in [6.07, 6.45) is -0.617. The predicted octanol–water partition coefficient (Wildman–Crippen LogP) is 4.48. The van der Waals surface area contributed by atoms with Crippen LogP contribution in [0.4, 0.5) is 18.3 Å². The number of carbonyl (C=O) groups is 1. The van der Waals surface area contributed by atoms with Gasteiger partial charge in [-0.1, -0.05) is 18.2 Å². The lowest BCUT2D eigenvalue weighted by Gasteiger charge is -2.08. The first-order valence-electron chi connectivity index (χ1n) is 8.51. The number of nitrogens with one attached hydrogen (secondary N) is 1. The number of rotatable bonds is 5. The molecule has 146 valence electrons. The van der Waals surface area contributed by atoms with Crippen molar-refractivity contribution >= 4 is 34.8 Å². The van der Waals surface area contributed by atoms with Gasteiger partial charge >= 0.3 is 6.18 Å². The number of alkyl halides is 3. The summed E-state index contributed by atoms with van der Waals surface area (Å²) < 4.78 is 38.8. The second-order valence-corrected chi connectivity index (χ2v) is 8.17. The second kappa shape index (κ2) is 7.07. The van der Waals surface area contributed by atoms with Gasteiger partial charge < -0.3 is 11.1 Å². The van der Waals surface area contributed by atoms with E-state index in [0.717, 1.165) is 29.5 Å². The molecule has 4 rings (SSSR count). The standard InChI is InChI=1S/C18H18F3N3OS.ClH/c19-18(20,21)12-3-1-2-10(8-12)9-13-14(11-4-5-11)23-16(26-13)24-15(25)17(22)6-7-17;/h1-3,8,11H,4-7,9,22H2,(H,23,24,25);1H. The number of benzene rings is 1. The van der Waals surface area contributed by atoms with Crippen LogP contribution in [0.5, 0.6) is 0 Å². The summed E-state index contributed by atoms with van der Waals surface area (Å²) >= 11 is 1.33. The molecule has 2 fully saturated rings. The molecule has 1 aromatic carbocycles. The van der Waals surface area contributed by atoms with E-state index in [1.807, 2.05) is 0 Å². The van der Waals surface area contributed by atoms with Gasteiger partial charge in [-0.15, -0.1) is 23.7 Å². The lowest BCUT2D eigenvalue weighted by Crippen LogP contribution is -2.37. The molecule has 3 N–H and O–H groups in total. The van der Waals surface area contributed by atoms with E-state index in [1.54, 1.807) is 6.07 Å². The molecule has 0 atom stereocenters. The van der Waals surface area contributed by atoms with E-state index < -0.39 is 17.3 Å². The number of hydrogen-bond acceptors (Lipinski definition) is 4. The normalized spacial score (nSPS) is 17.9. The van der Waals surface area contributed by atoms with Crippen LogP contribution in [0.2, 0.25) is 0 Å². The molecule has 9 heteroatoms. The van der Waals surface area contributed by atoms with Crippen molar-refractivity contribution in [1.82, 2.24) is 4.98 Å². The molecule has 0 unspecified atom stereocenters. The Balaban J connectivity index is 0.00000210. The number of nitrogens with zero attached hydrogens (tertiary/aromatic N) is 1. The summed E-state index contributed by atoms with van der Waals surface area (Å²) in [4.78, 5) is 17.6.